The first-order valence-electron chi connectivity index (χ1n) is 4.06. The predicted octanol–water partition coefficient (Wildman–Crippen LogP) is 3.15. The minimum absolute atomic E-state index is 0.454. The number of hydrogen-bond acceptors (Lipinski definition) is 3. The van der Waals surface area contributed by atoms with E-state index in [9.17, 15) is 10.1 Å². The zero-order valence-electron chi connectivity index (χ0n) is 7.21. The molecule has 0 saturated carbocycles. The molecular weight excluding hydrogens is 198 g/mol. The van der Waals surface area contributed by atoms with E-state index in [1.54, 1.807) is 11.3 Å². The third kappa shape index (κ3) is 1.80. The number of hydrogen-bond donors (Lipinski definition) is 0. The number of fused-ring (bicyclic) bond motifs is 1. The highest BCUT2D eigenvalue weighted by Crippen LogP contribution is 2.25. The fourth-order valence-electron chi connectivity index (χ4n) is 1.22. The first-order valence-corrected chi connectivity index (χ1v) is 4.87. The van der Waals surface area contributed by atoms with Crippen molar-refractivity contribution >= 4 is 27.5 Å². The van der Waals surface area contributed by atoms with Crippen molar-refractivity contribution in [2.45, 2.75) is 0 Å². The summed E-state index contributed by atoms with van der Waals surface area (Å²) in [6.45, 7) is 0. The van der Waals surface area contributed by atoms with Crippen LogP contribution >= 0.6 is 11.3 Å². The molecule has 0 unspecified atom stereocenters. The van der Waals surface area contributed by atoms with Gasteiger partial charge in [0.15, 0.2) is 0 Å². The quantitative estimate of drug-likeness (QED) is 0.558. The van der Waals surface area contributed by atoms with Crippen LogP contribution in [0.2, 0.25) is 0 Å². The molecule has 1 aromatic heterocycles. The molecule has 0 aliphatic rings. The SMILES string of the molecule is O=[N+]([O-])/C=C/c1cc2ccccc2s1. The molecule has 0 atom stereocenters. The Bertz CT molecular complexity index is 469. The van der Waals surface area contributed by atoms with Crippen LogP contribution in [0.4, 0.5) is 0 Å². The van der Waals surface area contributed by atoms with E-state index in [-0.39, 0.29) is 0 Å². The Kier molecular flexibility index (Phi) is 2.28. The average molecular weight is 205 g/mol. The van der Waals surface area contributed by atoms with E-state index in [1.165, 1.54) is 6.08 Å². The molecule has 0 amide bonds. The van der Waals surface area contributed by atoms with E-state index in [2.05, 4.69) is 0 Å². The zero-order chi connectivity index (χ0) is 9.97. The van der Waals surface area contributed by atoms with E-state index in [4.69, 9.17) is 0 Å². The lowest BCUT2D eigenvalue weighted by Gasteiger charge is -1.82. The number of nitro groups is 1. The molecule has 1 aromatic carbocycles. The smallest absolute Gasteiger partial charge is 0.235 e. The zero-order valence-corrected chi connectivity index (χ0v) is 8.03. The van der Waals surface area contributed by atoms with Gasteiger partial charge in [-0.25, -0.2) is 0 Å². The molecule has 0 bridgehead atoms. The summed E-state index contributed by atoms with van der Waals surface area (Å²) in [5.41, 5.74) is 0. The van der Waals surface area contributed by atoms with Crippen molar-refractivity contribution < 1.29 is 4.92 Å². The summed E-state index contributed by atoms with van der Waals surface area (Å²) in [5, 5.41) is 11.2. The van der Waals surface area contributed by atoms with Crippen LogP contribution in [0.1, 0.15) is 4.88 Å². The van der Waals surface area contributed by atoms with Crippen LogP contribution in [-0.4, -0.2) is 4.92 Å². The minimum atomic E-state index is -0.454. The third-order valence-corrected chi connectivity index (χ3v) is 2.89. The van der Waals surface area contributed by atoms with Gasteiger partial charge < -0.3 is 0 Å². The Hall–Kier alpha value is -1.68. The van der Waals surface area contributed by atoms with E-state index in [0.717, 1.165) is 21.2 Å². The molecule has 0 fully saturated rings. The van der Waals surface area contributed by atoms with Crippen molar-refractivity contribution in [1.29, 1.82) is 0 Å². The van der Waals surface area contributed by atoms with E-state index in [1.807, 2.05) is 30.3 Å². The Morgan fingerprint density at radius 1 is 1.36 bits per heavy atom. The topological polar surface area (TPSA) is 43.1 Å². The van der Waals surface area contributed by atoms with Gasteiger partial charge >= 0.3 is 0 Å². The molecule has 0 saturated heterocycles. The highest BCUT2D eigenvalue weighted by atomic mass is 32.1. The molecule has 4 heteroatoms. The predicted molar refractivity (Wildman–Crippen MR) is 57.9 cm³/mol. The van der Waals surface area contributed by atoms with Crippen LogP contribution < -0.4 is 0 Å². The summed E-state index contributed by atoms with van der Waals surface area (Å²) in [5.74, 6) is 0. The van der Waals surface area contributed by atoms with Crippen LogP contribution in [-0.2, 0) is 0 Å². The van der Waals surface area contributed by atoms with Gasteiger partial charge in [-0.2, -0.15) is 0 Å². The lowest BCUT2D eigenvalue weighted by Crippen LogP contribution is -1.80. The van der Waals surface area contributed by atoms with E-state index in [0.29, 0.717) is 0 Å². The molecule has 2 rings (SSSR count). The van der Waals surface area contributed by atoms with Crippen molar-refractivity contribution in [2.24, 2.45) is 0 Å². The van der Waals surface area contributed by atoms with Crippen LogP contribution in [0.3, 0.4) is 0 Å². The molecule has 1 heterocycles. The summed E-state index contributed by atoms with van der Waals surface area (Å²) in [7, 11) is 0. The number of nitrogens with zero attached hydrogens (tertiary/aromatic N) is 1. The van der Waals surface area contributed by atoms with Crippen LogP contribution in [0.25, 0.3) is 16.2 Å². The largest absolute Gasteiger partial charge is 0.259 e. The summed E-state index contributed by atoms with van der Waals surface area (Å²) < 4.78 is 1.15. The maximum absolute atomic E-state index is 10.1. The minimum Gasteiger partial charge on any atom is -0.259 e. The summed E-state index contributed by atoms with van der Waals surface area (Å²) in [6, 6.07) is 9.86. The van der Waals surface area contributed by atoms with E-state index < -0.39 is 4.92 Å². The van der Waals surface area contributed by atoms with E-state index >= 15 is 0 Å². The van der Waals surface area contributed by atoms with Crippen molar-refractivity contribution in [3.05, 3.63) is 51.5 Å². The van der Waals surface area contributed by atoms with Gasteiger partial charge in [-0.1, -0.05) is 18.2 Å². The first-order chi connectivity index (χ1) is 6.75. The summed E-state index contributed by atoms with van der Waals surface area (Å²) in [6.07, 6.45) is 2.48. The second-order valence-corrected chi connectivity index (χ2v) is 3.90. The van der Waals surface area contributed by atoms with Crippen LogP contribution in [0, 0.1) is 10.1 Å². The second-order valence-electron chi connectivity index (χ2n) is 2.79. The van der Waals surface area contributed by atoms with Gasteiger partial charge in [-0.3, -0.25) is 10.1 Å². The van der Waals surface area contributed by atoms with Crippen molar-refractivity contribution in [2.75, 3.05) is 0 Å². The lowest BCUT2D eigenvalue weighted by molar-refractivity contribution is -0.400. The molecule has 70 valence electrons. The van der Waals surface area contributed by atoms with Gasteiger partial charge in [0, 0.05) is 15.7 Å². The number of thiophene rings is 1. The molecule has 2 aromatic rings. The second kappa shape index (κ2) is 3.59. The van der Waals surface area contributed by atoms with Crippen molar-refractivity contribution in [3.8, 4) is 0 Å². The van der Waals surface area contributed by atoms with Crippen molar-refractivity contribution in [1.82, 2.24) is 0 Å². The van der Waals surface area contributed by atoms with Gasteiger partial charge in [0.1, 0.15) is 0 Å². The van der Waals surface area contributed by atoms with Gasteiger partial charge in [0.2, 0.25) is 6.20 Å². The molecule has 0 radical (unpaired) electrons. The van der Waals surface area contributed by atoms with Crippen LogP contribution in [0.15, 0.2) is 36.5 Å². The summed E-state index contributed by atoms with van der Waals surface area (Å²) >= 11 is 1.55. The first kappa shape index (κ1) is 8.90. The van der Waals surface area contributed by atoms with Crippen LogP contribution in [0.5, 0.6) is 0 Å². The average Bonchev–Trinajstić information content (AvgIpc) is 2.57. The monoisotopic (exact) mass is 205 g/mol. The van der Waals surface area contributed by atoms with Gasteiger partial charge in [0.05, 0.1) is 4.92 Å². The Balaban J connectivity index is 2.40. The normalized spacial score (nSPS) is 11.1. The number of rotatable bonds is 2. The summed E-state index contributed by atoms with van der Waals surface area (Å²) in [4.78, 5) is 10.6. The van der Waals surface area contributed by atoms with Crippen molar-refractivity contribution in [3.63, 3.8) is 0 Å². The van der Waals surface area contributed by atoms with Gasteiger partial charge in [0.25, 0.3) is 0 Å². The molecule has 14 heavy (non-hydrogen) atoms. The standard InChI is InChI=1S/C10H7NO2S/c12-11(13)6-5-9-7-8-3-1-2-4-10(8)14-9/h1-7H/b6-5+. The third-order valence-electron chi connectivity index (χ3n) is 1.81. The fraction of sp³-hybridized carbons (Fsp3) is 0. The highest BCUT2D eigenvalue weighted by molar-refractivity contribution is 7.19. The van der Waals surface area contributed by atoms with Gasteiger partial charge in [-0.15, -0.1) is 11.3 Å². The maximum atomic E-state index is 10.1. The van der Waals surface area contributed by atoms with Gasteiger partial charge in [-0.05, 0) is 17.5 Å². The molecule has 0 spiro atoms. The molecule has 0 aliphatic carbocycles. The molecule has 0 N–H and O–H groups in total. The molecular formula is C10H7NO2S. The lowest BCUT2D eigenvalue weighted by atomic mass is 10.2. The highest BCUT2D eigenvalue weighted by Gasteiger charge is 1.98. The Labute approximate surface area is 84.4 Å². The maximum Gasteiger partial charge on any atom is 0.235 e. The number of benzene rings is 1. The molecule has 3 nitrogen and oxygen atoms in total. The Morgan fingerprint density at radius 3 is 2.86 bits per heavy atom. The Morgan fingerprint density at radius 2 is 2.14 bits per heavy atom. The fourth-order valence-corrected chi connectivity index (χ4v) is 2.18. The molecule has 0 aliphatic heterocycles.